The van der Waals surface area contributed by atoms with Crippen molar-refractivity contribution in [2.75, 3.05) is 6.54 Å². The fourth-order valence-electron chi connectivity index (χ4n) is 1.59. The molecule has 0 aromatic carbocycles. The van der Waals surface area contributed by atoms with E-state index in [-0.39, 0.29) is 10.9 Å². The smallest absolute Gasteiger partial charge is 0.244 e. The SMILES string of the molecule is CCC(C)N(CC)S(=O)(=O)c1cncc(Br)c1. The molecule has 1 atom stereocenters. The van der Waals surface area contributed by atoms with Crippen LogP contribution in [0.2, 0.25) is 0 Å². The molecule has 17 heavy (non-hydrogen) atoms. The average molecular weight is 321 g/mol. The maximum Gasteiger partial charge on any atom is 0.244 e. The van der Waals surface area contributed by atoms with Crippen LogP contribution in [0.1, 0.15) is 27.2 Å². The van der Waals surface area contributed by atoms with Crippen molar-refractivity contribution in [2.24, 2.45) is 0 Å². The van der Waals surface area contributed by atoms with Crippen LogP contribution in [0, 0.1) is 0 Å². The summed E-state index contributed by atoms with van der Waals surface area (Å²) in [5, 5.41) is 0. The van der Waals surface area contributed by atoms with E-state index in [2.05, 4.69) is 20.9 Å². The average Bonchev–Trinajstić information content (AvgIpc) is 2.29. The molecule has 6 heteroatoms. The summed E-state index contributed by atoms with van der Waals surface area (Å²) in [6.07, 6.45) is 3.73. The fraction of sp³-hybridized carbons (Fsp3) is 0.545. The highest BCUT2D eigenvalue weighted by atomic mass is 79.9. The molecular weight excluding hydrogens is 304 g/mol. The molecule has 4 nitrogen and oxygen atoms in total. The molecule has 1 heterocycles. The Morgan fingerprint density at radius 1 is 1.41 bits per heavy atom. The molecule has 0 fully saturated rings. The molecule has 0 radical (unpaired) electrons. The number of hydrogen-bond donors (Lipinski definition) is 0. The van der Waals surface area contributed by atoms with Gasteiger partial charge >= 0.3 is 0 Å². The van der Waals surface area contributed by atoms with Gasteiger partial charge in [0.2, 0.25) is 10.0 Å². The molecule has 1 unspecified atom stereocenters. The third-order valence-corrected chi connectivity index (χ3v) is 5.17. The largest absolute Gasteiger partial charge is 0.262 e. The van der Waals surface area contributed by atoms with Crippen LogP contribution in [-0.2, 0) is 10.0 Å². The number of nitrogens with zero attached hydrogens (tertiary/aromatic N) is 2. The number of rotatable bonds is 5. The van der Waals surface area contributed by atoms with Crippen molar-refractivity contribution >= 4 is 26.0 Å². The highest BCUT2D eigenvalue weighted by Crippen LogP contribution is 2.21. The van der Waals surface area contributed by atoms with Gasteiger partial charge in [-0.25, -0.2) is 8.42 Å². The zero-order valence-electron chi connectivity index (χ0n) is 10.2. The number of halogens is 1. The van der Waals surface area contributed by atoms with Crippen LogP contribution in [0.4, 0.5) is 0 Å². The Labute approximate surface area is 111 Å². The zero-order valence-corrected chi connectivity index (χ0v) is 12.6. The highest BCUT2D eigenvalue weighted by Gasteiger charge is 2.27. The second kappa shape index (κ2) is 5.93. The molecule has 0 spiro atoms. The molecule has 0 aliphatic rings. The Morgan fingerprint density at radius 3 is 2.53 bits per heavy atom. The molecule has 0 aliphatic heterocycles. The topological polar surface area (TPSA) is 50.3 Å². The van der Waals surface area contributed by atoms with Crippen molar-refractivity contribution in [3.63, 3.8) is 0 Å². The minimum atomic E-state index is -3.44. The molecule has 1 rings (SSSR count). The molecule has 1 aromatic rings. The van der Waals surface area contributed by atoms with Crippen LogP contribution in [0.25, 0.3) is 0 Å². The van der Waals surface area contributed by atoms with Crippen molar-refractivity contribution in [3.8, 4) is 0 Å². The summed E-state index contributed by atoms with van der Waals surface area (Å²) < 4.78 is 26.9. The van der Waals surface area contributed by atoms with Gasteiger partial charge < -0.3 is 0 Å². The van der Waals surface area contributed by atoms with Crippen LogP contribution in [0.5, 0.6) is 0 Å². The Morgan fingerprint density at radius 2 is 2.06 bits per heavy atom. The van der Waals surface area contributed by atoms with Crippen molar-refractivity contribution in [2.45, 2.75) is 38.1 Å². The van der Waals surface area contributed by atoms with Crippen LogP contribution < -0.4 is 0 Å². The molecule has 0 N–H and O–H groups in total. The van der Waals surface area contributed by atoms with Gasteiger partial charge in [-0.1, -0.05) is 13.8 Å². The lowest BCUT2D eigenvalue weighted by atomic mass is 10.3. The quantitative estimate of drug-likeness (QED) is 0.838. The third-order valence-electron chi connectivity index (χ3n) is 2.68. The lowest BCUT2D eigenvalue weighted by Crippen LogP contribution is -2.38. The normalized spacial score (nSPS) is 13.9. The van der Waals surface area contributed by atoms with E-state index >= 15 is 0 Å². The summed E-state index contributed by atoms with van der Waals surface area (Å²) in [4.78, 5) is 4.13. The maximum absolute atomic E-state index is 12.4. The van der Waals surface area contributed by atoms with Crippen LogP contribution in [0.15, 0.2) is 27.8 Å². The zero-order chi connectivity index (χ0) is 13.1. The van der Waals surface area contributed by atoms with Gasteiger partial charge in [-0.3, -0.25) is 4.98 Å². The number of pyridine rings is 1. The van der Waals surface area contributed by atoms with Crippen LogP contribution >= 0.6 is 15.9 Å². The van der Waals surface area contributed by atoms with Crippen molar-refractivity contribution < 1.29 is 8.42 Å². The Balaban J connectivity index is 3.17. The number of sulfonamides is 1. The first-order chi connectivity index (χ1) is 7.93. The first kappa shape index (κ1) is 14.6. The van der Waals surface area contributed by atoms with E-state index in [1.54, 1.807) is 12.3 Å². The second-order valence-electron chi connectivity index (χ2n) is 3.80. The second-order valence-corrected chi connectivity index (χ2v) is 6.61. The summed E-state index contributed by atoms with van der Waals surface area (Å²) in [6.45, 7) is 6.19. The fourth-order valence-corrected chi connectivity index (χ4v) is 3.81. The molecule has 1 aromatic heterocycles. The molecular formula is C11H17BrN2O2S. The highest BCUT2D eigenvalue weighted by molar-refractivity contribution is 9.10. The number of hydrogen-bond acceptors (Lipinski definition) is 3. The van der Waals surface area contributed by atoms with Gasteiger partial charge in [0.1, 0.15) is 4.90 Å². The Bertz CT molecular complexity index is 476. The van der Waals surface area contributed by atoms with E-state index in [0.29, 0.717) is 11.0 Å². The molecule has 0 amide bonds. The van der Waals surface area contributed by atoms with E-state index in [1.165, 1.54) is 10.5 Å². The monoisotopic (exact) mass is 320 g/mol. The van der Waals surface area contributed by atoms with E-state index in [9.17, 15) is 8.42 Å². The molecule has 0 bridgehead atoms. The summed E-state index contributed by atoms with van der Waals surface area (Å²) in [7, 11) is -3.44. The first-order valence-electron chi connectivity index (χ1n) is 5.55. The van der Waals surface area contributed by atoms with Gasteiger partial charge in [0, 0.05) is 29.5 Å². The van der Waals surface area contributed by atoms with Gasteiger partial charge in [-0.15, -0.1) is 0 Å². The van der Waals surface area contributed by atoms with Gasteiger partial charge in [-0.2, -0.15) is 4.31 Å². The van der Waals surface area contributed by atoms with Gasteiger partial charge in [0.05, 0.1) is 0 Å². The van der Waals surface area contributed by atoms with Gasteiger partial charge in [0.15, 0.2) is 0 Å². The predicted molar refractivity (Wildman–Crippen MR) is 71.3 cm³/mol. The first-order valence-corrected chi connectivity index (χ1v) is 7.79. The third kappa shape index (κ3) is 3.26. The minimum Gasteiger partial charge on any atom is -0.262 e. The van der Waals surface area contributed by atoms with Crippen molar-refractivity contribution in [1.29, 1.82) is 0 Å². The van der Waals surface area contributed by atoms with E-state index < -0.39 is 10.0 Å². The van der Waals surface area contributed by atoms with E-state index in [0.717, 1.165) is 6.42 Å². The molecule has 96 valence electrons. The van der Waals surface area contributed by atoms with Gasteiger partial charge in [0.25, 0.3) is 0 Å². The lowest BCUT2D eigenvalue weighted by molar-refractivity contribution is 0.342. The number of aromatic nitrogens is 1. The van der Waals surface area contributed by atoms with E-state index in [4.69, 9.17) is 0 Å². The van der Waals surface area contributed by atoms with Crippen LogP contribution in [0.3, 0.4) is 0 Å². The molecule has 0 saturated heterocycles. The summed E-state index contributed by atoms with van der Waals surface area (Å²) in [5.74, 6) is 0. The molecule has 0 aliphatic carbocycles. The van der Waals surface area contributed by atoms with Crippen molar-refractivity contribution in [3.05, 3.63) is 22.9 Å². The van der Waals surface area contributed by atoms with Gasteiger partial charge in [-0.05, 0) is 35.3 Å². The van der Waals surface area contributed by atoms with Crippen LogP contribution in [-0.4, -0.2) is 30.3 Å². The maximum atomic E-state index is 12.4. The predicted octanol–water partition coefficient (Wildman–Crippen LogP) is 2.65. The lowest BCUT2D eigenvalue weighted by Gasteiger charge is -2.26. The summed E-state index contributed by atoms with van der Waals surface area (Å²) in [5.41, 5.74) is 0. The standard InChI is InChI=1S/C11H17BrN2O2S/c1-4-9(3)14(5-2)17(15,16)11-6-10(12)7-13-8-11/h6-9H,4-5H2,1-3H3. The minimum absolute atomic E-state index is 0.0102. The molecule has 0 saturated carbocycles. The summed E-state index contributed by atoms with van der Waals surface area (Å²) in [6, 6.07) is 1.57. The van der Waals surface area contributed by atoms with Crippen molar-refractivity contribution in [1.82, 2.24) is 9.29 Å². The summed E-state index contributed by atoms with van der Waals surface area (Å²) >= 11 is 3.23. The Hall–Kier alpha value is -0.460. The Kier molecular flexibility index (Phi) is 5.09. The van der Waals surface area contributed by atoms with E-state index in [1.807, 2.05) is 20.8 Å².